The molecule has 0 aliphatic carbocycles. The van der Waals surface area contributed by atoms with Crippen molar-refractivity contribution in [1.82, 2.24) is 5.32 Å². The van der Waals surface area contributed by atoms with E-state index < -0.39 is 30.2 Å². The number of nitrogens with one attached hydrogen (secondary N) is 1. The topological polar surface area (TPSA) is 72.5 Å². The molecular weight excluding hydrogens is 369 g/mol. The standard InChI is InChI=1S/C20H20FNO4S/c1-27-12-11-17(22-19(24)15-5-3-2-4-6-15)20(25)26-13-18(23)14-7-9-16(21)10-8-14/h2-10,17H,11-13H2,1H3,(H,22,24)/t17-/m1/s1. The van der Waals surface area contributed by atoms with Crippen LogP contribution in [0.3, 0.4) is 0 Å². The molecule has 1 amide bonds. The third-order valence-electron chi connectivity index (χ3n) is 3.75. The number of hydrogen-bond acceptors (Lipinski definition) is 5. The molecule has 0 aliphatic heterocycles. The first-order valence-electron chi connectivity index (χ1n) is 8.31. The molecule has 1 N–H and O–H groups in total. The number of ketones is 1. The third-order valence-corrected chi connectivity index (χ3v) is 4.39. The number of halogens is 1. The number of amides is 1. The van der Waals surface area contributed by atoms with Crippen LogP contribution < -0.4 is 5.32 Å². The number of esters is 1. The average molecular weight is 389 g/mol. The van der Waals surface area contributed by atoms with Crippen LogP contribution in [0.25, 0.3) is 0 Å². The first-order chi connectivity index (χ1) is 13.0. The Hall–Kier alpha value is -2.67. The van der Waals surface area contributed by atoms with Gasteiger partial charge in [-0.2, -0.15) is 11.8 Å². The normalized spacial score (nSPS) is 11.5. The molecule has 0 bridgehead atoms. The second kappa shape index (κ2) is 10.5. The second-order valence-electron chi connectivity index (χ2n) is 5.71. The Morgan fingerprint density at radius 2 is 1.70 bits per heavy atom. The highest BCUT2D eigenvalue weighted by atomic mass is 32.2. The molecule has 0 aliphatic rings. The molecule has 0 radical (unpaired) electrons. The highest BCUT2D eigenvalue weighted by Crippen LogP contribution is 2.08. The van der Waals surface area contributed by atoms with Crippen molar-refractivity contribution < 1.29 is 23.5 Å². The van der Waals surface area contributed by atoms with Crippen LogP contribution in [0.1, 0.15) is 27.1 Å². The molecule has 2 aromatic carbocycles. The fourth-order valence-corrected chi connectivity index (χ4v) is 2.74. The molecule has 0 saturated carbocycles. The molecule has 0 aromatic heterocycles. The lowest BCUT2D eigenvalue weighted by Crippen LogP contribution is -2.42. The van der Waals surface area contributed by atoms with Crippen molar-refractivity contribution in [1.29, 1.82) is 0 Å². The predicted molar refractivity (Wildman–Crippen MR) is 102 cm³/mol. The lowest BCUT2D eigenvalue weighted by Gasteiger charge is -2.17. The lowest BCUT2D eigenvalue weighted by atomic mass is 10.1. The van der Waals surface area contributed by atoms with Gasteiger partial charge < -0.3 is 10.1 Å². The van der Waals surface area contributed by atoms with Crippen molar-refractivity contribution in [2.75, 3.05) is 18.6 Å². The van der Waals surface area contributed by atoms with Gasteiger partial charge in [0.05, 0.1) is 0 Å². The maximum atomic E-state index is 12.9. The van der Waals surface area contributed by atoms with Gasteiger partial charge in [0.2, 0.25) is 0 Å². The van der Waals surface area contributed by atoms with Crippen molar-refractivity contribution in [2.45, 2.75) is 12.5 Å². The fraction of sp³-hybridized carbons (Fsp3) is 0.250. The number of hydrogen-bond donors (Lipinski definition) is 1. The molecule has 5 nitrogen and oxygen atoms in total. The smallest absolute Gasteiger partial charge is 0.329 e. The van der Waals surface area contributed by atoms with Crippen LogP contribution in [0.2, 0.25) is 0 Å². The van der Waals surface area contributed by atoms with Crippen molar-refractivity contribution in [2.24, 2.45) is 0 Å². The minimum Gasteiger partial charge on any atom is -0.456 e. The van der Waals surface area contributed by atoms with E-state index in [9.17, 15) is 18.8 Å². The molecule has 0 saturated heterocycles. The van der Waals surface area contributed by atoms with Crippen molar-refractivity contribution in [3.8, 4) is 0 Å². The summed E-state index contributed by atoms with van der Waals surface area (Å²) in [7, 11) is 0. The van der Waals surface area contributed by atoms with Crippen LogP contribution in [0.5, 0.6) is 0 Å². The lowest BCUT2D eigenvalue weighted by molar-refractivity contribution is -0.144. The van der Waals surface area contributed by atoms with Crippen LogP contribution in [-0.2, 0) is 9.53 Å². The van der Waals surface area contributed by atoms with Crippen LogP contribution in [-0.4, -0.2) is 42.3 Å². The van der Waals surface area contributed by atoms with E-state index >= 15 is 0 Å². The summed E-state index contributed by atoms with van der Waals surface area (Å²) >= 11 is 1.53. The largest absolute Gasteiger partial charge is 0.456 e. The Balaban J connectivity index is 1.96. The highest BCUT2D eigenvalue weighted by molar-refractivity contribution is 7.98. The van der Waals surface area contributed by atoms with Gasteiger partial charge in [-0.1, -0.05) is 18.2 Å². The molecule has 2 rings (SSSR count). The number of rotatable bonds is 9. The number of ether oxygens (including phenoxy) is 1. The molecule has 142 valence electrons. The fourth-order valence-electron chi connectivity index (χ4n) is 2.27. The summed E-state index contributed by atoms with van der Waals surface area (Å²) in [5, 5.41) is 2.65. The minimum absolute atomic E-state index is 0.248. The van der Waals surface area contributed by atoms with Gasteiger partial charge in [0, 0.05) is 11.1 Å². The van der Waals surface area contributed by atoms with Gasteiger partial charge in [0.15, 0.2) is 12.4 Å². The van der Waals surface area contributed by atoms with E-state index in [0.717, 1.165) is 12.1 Å². The van der Waals surface area contributed by atoms with Crippen LogP contribution in [0, 0.1) is 5.82 Å². The van der Waals surface area contributed by atoms with E-state index in [-0.39, 0.29) is 11.5 Å². The summed E-state index contributed by atoms with van der Waals surface area (Å²) in [6.45, 7) is -0.471. The zero-order valence-electron chi connectivity index (χ0n) is 14.8. The zero-order valence-corrected chi connectivity index (χ0v) is 15.6. The molecule has 0 spiro atoms. The third kappa shape index (κ3) is 6.53. The number of carbonyl (C=O) groups excluding carboxylic acids is 3. The number of Topliss-reactive ketones (excluding diaryl/α,β-unsaturated/α-hetero) is 1. The van der Waals surface area contributed by atoms with E-state index in [2.05, 4.69) is 5.32 Å². The summed E-state index contributed by atoms with van der Waals surface area (Å²) in [6.07, 6.45) is 2.27. The molecule has 0 unspecified atom stereocenters. The molecule has 2 aromatic rings. The Kier molecular flexibility index (Phi) is 8.00. The van der Waals surface area contributed by atoms with Gasteiger partial charge in [0.25, 0.3) is 5.91 Å². The Bertz CT molecular complexity index is 780. The van der Waals surface area contributed by atoms with Gasteiger partial charge in [-0.15, -0.1) is 0 Å². The Labute approximate surface area is 161 Å². The molecule has 27 heavy (non-hydrogen) atoms. The average Bonchev–Trinajstić information content (AvgIpc) is 2.70. The van der Waals surface area contributed by atoms with Crippen LogP contribution in [0.15, 0.2) is 54.6 Å². The number of benzene rings is 2. The molecule has 7 heteroatoms. The highest BCUT2D eigenvalue weighted by Gasteiger charge is 2.23. The molecular formula is C20H20FNO4S. The van der Waals surface area contributed by atoms with E-state index in [1.54, 1.807) is 30.3 Å². The predicted octanol–water partition coefficient (Wildman–Crippen LogP) is 3.10. The molecule has 0 heterocycles. The molecule has 0 fully saturated rings. The zero-order chi connectivity index (χ0) is 19.6. The maximum Gasteiger partial charge on any atom is 0.329 e. The quantitative estimate of drug-likeness (QED) is 0.527. The second-order valence-corrected chi connectivity index (χ2v) is 6.70. The molecule has 1 atom stereocenters. The van der Waals surface area contributed by atoms with Crippen molar-refractivity contribution in [3.63, 3.8) is 0 Å². The minimum atomic E-state index is -0.855. The van der Waals surface area contributed by atoms with Gasteiger partial charge in [-0.3, -0.25) is 9.59 Å². The SMILES string of the molecule is CSCC[C@@H](NC(=O)c1ccccc1)C(=O)OCC(=O)c1ccc(F)cc1. The summed E-state index contributed by atoms with van der Waals surface area (Å²) in [5.41, 5.74) is 0.681. The summed E-state index contributed by atoms with van der Waals surface area (Å²) < 4.78 is 18.0. The van der Waals surface area contributed by atoms with E-state index in [1.807, 2.05) is 6.26 Å². The summed E-state index contributed by atoms with van der Waals surface area (Å²) in [6, 6.07) is 12.7. The van der Waals surface area contributed by atoms with Crippen molar-refractivity contribution in [3.05, 3.63) is 71.5 Å². The van der Waals surface area contributed by atoms with Crippen LogP contribution >= 0.6 is 11.8 Å². The Morgan fingerprint density at radius 3 is 2.33 bits per heavy atom. The van der Waals surface area contributed by atoms with E-state index in [1.165, 1.54) is 23.9 Å². The first-order valence-corrected chi connectivity index (χ1v) is 9.71. The monoisotopic (exact) mass is 389 g/mol. The van der Waals surface area contributed by atoms with Crippen molar-refractivity contribution >= 4 is 29.4 Å². The van der Waals surface area contributed by atoms with Gasteiger partial charge >= 0.3 is 5.97 Å². The van der Waals surface area contributed by atoms with Gasteiger partial charge in [-0.25, -0.2) is 9.18 Å². The first kappa shape index (κ1) is 20.6. The van der Waals surface area contributed by atoms with Crippen LogP contribution in [0.4, 0.5) is 4.39 Å². The number of carbonyl (C=O) groups is 3. The van der Waals surface area contributed by atoms with E-state index in [0.29, 0.717) is 17.7 Å². The summed E-state index contributed by atoms with van der Waals surface area (Å²) in [4.78, 5) is 36.7. The van der Waals surface area contributed by atoms with Gasteiger partial charge in [-0.05, 0) is 54.8 Å². The number of thioether (sulfide) groups is 1. The maximum absolute atomic E-state index is 12.9. The van der Waals surface area contributed by atoms with Gasteiger partial charge in [0.1, 0.15) is 11.9 Å². The summed E-state index contributed by atoms with van der Waals surface area (Å²) in [5.74, 6) is -1.32. The Morgan fingerprint density at radius 1 is 1.04 bits per heavy atom. The van der Waals surface area contributed by atoms with E-state index in [4.69, 9.17) is 4.74 Å².